The molecule has 1 atom stereocenters. The number of amides is 1. The molecule has 158 valence electrons. The fraction of sp³-hybridized carbons (Fsp3) is 0.348. The second-order valence-electron chi connectivity index (χ2n) is 7.35. The lowest BCUT2D eigenvalue weighted by atomic mass is 10.00. The van der Waals surface area contributed by atoms with Crippen LogP contribution in [0.25, 0.3) is 0 Å². The Bertz CT molecular complexity index is 938. The molecule has 1 heterocycles. The molecule has 3 rings (SSSR count). The number of hydrogen-bond donors (Lipinski definition) is 3. The summed E-state index contributed by atoms with van der Waals surface area (Å²) in [6, 6.07) is 12.4. The first kappa shape index (κ1) is 21.4. The van der Waals surface area contributed by atoms with E-state index in [1.807, 2.05) is 6.07 Å². The summed E-state index contributed by atoms with van der Waals surface area (Å²) < 4.78 is 5.74. The van der Waals surface area contributed by atoms with Gasteiger partial charge in [0.05, 0.1) is 6.42 Å². The van der Waals surface area contributed by atoms with Gasteiger partial charge in [-0.05, 0) is 55.2 Å². The van der Waals surface area contributed by atoms with Gasteiger partial charge in [0, 0.05) is 23.4 Å². The highest BCUT2D eigenvalue weighted by molar-refractivity contribution is 6.05. The van der Waals surface area contributed by atoms with Crippen molar-refractivity contribution < 1.29 is 19.4 Å². The summed E-state index contributed by atoms with van der Waals surface area (Å²) in [5.74, 6) is 0.0646. The Balaban J connectivity index is 1.62. The molecule has 30 heavy (non-hydrogen) atoms. The van der Waals surface area contributed by atoms with E-state index in [4.69, 9.17) is 15.6 Å². The lowest BCUT2D eigenvalue weighted by Crippen LogP contribution is -2.25. The third-order valence-corrected chi connectivity index (χ3v) is 4.99. The number of aliphatic carboxylic acids is 1. The van der Waals surface area contributed by atoms with Gasteiger partial charge >= 0.3 is 5.97 Å². The number of ether oxygens (including phenoxy) is 1. The Labute approximate surface area is 176 Å². The summed E-state index contributed by atoms with van der Waals surface area (Å²) in [6.07, 6.45) is 3.08. The number of carbonyl (C=O) groups excluding carboxylic acids is 1. The minimum Gasteiger partial charge on any atom is -0.490 e. The zero-order valence-corrected chi connectivity index (χ0v) is 17.1. The summed E-state index contributed by atoms with van der Waals surface area (Å²) >= 11 is 0. The Morgan fingerprint density at radius 2 is 1.93 bits per heavy atom. The molecule has 1 unspecified atom stereocenters. The maximum Gasteiger partial charge on any atom is 0.307 e. The average molecular weight is 409 g/mol. The maximum atomic E-state index is 12.6. The van der Waals surface area contributed by atoms with E-state index in [-0.39, 0.29) is 18.4 Å². The molecule has 1 aliphatic rings. The van der Waals surface area contributed by atoms with E-state index < -0.39 is 5.97 Å². The molecule has 1 amide bonds. The largest absolute Gasteiger partial charge is 0.490 e. The van der Waals surface area contributed by atoms with Crippen molar-refractivity contribution in [3.8, 4) is 5.75 Å². The van der Waals surface area contributed by atoms with Crippen LogP contribution in [0.5, 0.6) is 5.75 Å². The molecule has 0 fully saturated rings. The number of aliphatic imine (C=N–C) groups is 1. The Hall–Kier alpha value is -3.35. The van der Waals surface area contributed by atoms with Crippen LogP contribution in [-0.4, -0.2) is 35.5 Å². The molecule has 0 radical (unpaired) electrons. The molecule has 0 saturated heterocycles. The summed E-state index contributed by atoms with van der Waals surface area (Å²) in [5.41, 5.74) is 8.94. The van der Waals surface area contributed by atoms with Crippen molar-refractivity contribution in [3.63, 3.8) is 0 Å². The lowest BCUT2D eigenvalue weighted by molar-refractivity contribution is -0.139. The highest BCUT2D eigenvalue weighted by atomic mass is 16.5. The van der Waals surface area contributed by atoms with Crippen LogP contribution >= 0.6 is 0 Å². The van der Waals surface area contributed by atoms with Crippen LogP contribution in [0, 0.1) is 0 Å². The summed E-state index contributed by atoms with van der Waals surface area (Å²) in [6.45, 7) is 2.80. The van der Waals surface area contributed by atoms with Gasteiger partial charge in [0.1, 0.15) is 17.7 Å². The van der Waals surface area contributed by atoms with E-state index in [1.54, 1.807) is 36.4 Å². The van der Waals surface area contributed by atoms with Crippen molar-refractivity contribution in [3.05, 3.63) is 59.2 Å². The third-order valence-electron chi connectivity index (χ3n) is 4.99. The molecule has 2 aromatic rings. The number of carbonyl (C=O) groups is 2. The molecule has 4 N–H and O–H groups in total. The summed E-state index contributed by atoms with van der Waals surface area (Å²) in [5, 5.41) is 11.8. The number of nitrogens with zero attached hydrogens (tertiary/aromatic N) is 1. The van der Waals surface area contributed by atoms with E-state index in [9.17, 15) is 9.59 Å². The first-order valence-corrected chi connectivity index (χ1v) is 10.2. The number of carboxylic acids is 1. The molecule has 7 nitrogen and oxygen atoms in total. The SMILES string of the molecule is CCCCN=C(N)c1ccc(C(=O)Nc2ccc3c(c2)CCC(CC(=O)O)O3)cc1. The first-order chi connectivity index (χ1) is 14.5. The second-order valence-corrected chi connectivity index (χ2v) is 7.35. The van der Waals surface area contributed by atoms with E-state index >= 15 is 0 Å². The number of benzene rings is 2. The molecule has 0 aliphatic carbocycles. The van der Waals surface area contributed by atoms with Gasteiger partial charge in [0.25, 0.3) is 5.91 Å². The van der Waals surface area contributed by atoms with Gasteiger partial charge in [-0.25, -0.2) is 0 Å². The molecular weight excluding hydrogens is 382 g/mol. The van der Waals surface area contributed by atoms with E-state index in [0.717, 1.165) is 24.0 Å². The van der Waals surface area contributed by atoms with Gasteiger partial charge in [-0.2, -0.15) is 0 Å². The Kier molecular flexibility index (Phi) is 7.06. The van der Waals surface area contributed by atoms with Crippen molar-refractivity contribution in [2.75, 3.05) is 11.9 Å². The standard InChI is InChI=1S/C23H27N3O4/c1-2-3-12-25-22(24)15-4-6-16(7-5-15)23(29)26-18-9-11-20-17(13-18)8-10-19(30-20)14-21(27)28/h4-7,9,11,13,19H,2-3,8,10,12,14H2,1H3,(H2,24,25)(H,26,29)(H,27,28). The van der Waals surface area contributed by atoms with E-state index in [2.05, 4.69) is 17.2 Å². The van der Waals surface area contributed by atoms with E-state index in [1.165, 1.54) is 0 Å². The van der Waals surface area contributed by atoms with Gasteiger partial charge in [0.15, 0.2) is 0 Å². The van der Waals surface area contributed by atoms with Crippen molar-refractivity contribution in [2.24, 2.45) is 10.7 Å². The molecule has 7 heteroatoms. The number of carboxylic acid groups (broad SMARTS) is 1. The number of hydrogen-bond acceptors (Lipinski definition) is 4. The van der Waals surface area contributed by atoms with Crippen LogP contribution in [-0.2, 0) is 11.2 Å². The number of nitrogens with two attached hydrogens (primary N) is 1. The molecule has 2 aromatic carbocycles. The van der Waals surface area contributed by atoms with Gasteiger partial charge < -0.3 is 20.9 Å². The van der Waals surface area contributed by atoms with Crippen LogP contribution in [0.1, 0.15) is 54.1 Å². The van der Waals surface area contributed by atoms with Crippen LogP contribution < -0.4 is 15.8 Å². The number of fused-ring (bicyclic) bond motifs is 1. The predicted octanol–water partition coefficient (Wildman–Crippen LogP) is 3.61. The molecule has 1 aliphatic heterocycles. The number of nitrogens with one attached hydrogen (secondary N) is 1. The van der Waals surface area contributed by atoms with Crippen molar-refractivity contribution >= 4 is 23.4 Å². The number of unbranched alkanes of at least 4 members (excludes halogenated alkanes) is 1. The number of amidine groups is 1. The summed E-state index contributed by atoms with van der Waals surface area (Å²) in [4.78, 5) is 27.8. The fourth-order valence-corrected chi connectivity index (χ4v) is 3.31. The van der Waals surface area contributed by atoms with Crippen molar-refractivity contribution in [2.45, 2.75) is 45.1 Å². The lowest BCUT2D eigenvalue weighted by Gasteiger charge is -2.25. The van der Waals surface area contributed by atoms with Gasteiger partial charge in [0.2, 0.25) is 0 Å². The summed E-state index contributed by atoms with van der Waals surface area (Å²) in [7, 11) is 0. The number of aryl methyl sites for hydroxylation is 1. The van der Waals surface area contributed by atoms with Gasteiger partial charge in [-0.1, -0.05) is 25.5 Å². The number of rotatable bonds is 8. The zero-order chi connectivity index (χ0) is 21.5. The topological polar surface area (TPSA) is 114 Å². The molecule has 0 bridgehead atoms. The molecular formula is C23H27N3O4. The first-order valence-electron chi connectivity index (χ1n) is 10.2. The minimum atomic E-state index is -0.868. The van der Waals surface area contributed by atoms with Gasteiger partial charge in [-0.3, -0.25) is 14.6 Å². The van der Waals surface area contributed by atoms with Crippen LogP contribution in [0.2, 0.25) is 0 Å². The Morgan fingerprint density at radius 1 is 1.20 bits per heavy atom. The smallest absolute Gasteiger partial charge is 0.307 e. The fourth-order valence-electron chi connectivity index (χ4n) is 3.31. The molecule has 0 spiro atoms. The normalized spacial score (nSPS) is 15.8. The van der Waals surface area contributed by atoms with Crippen molar-refractivity contribution in [1.29, 1.82) is 0 Å². The minimum absolute atomic E-state index is 0.0122. The molecule has 0 saturated carbocycles. The maximum absolute atomic E-state index is 12.6. The third kappa shape index (κ3) is 5.59. The molecule has 0 aromatic heterocycles. The van der Waals surface area contributed by atoms with Gasteiger partial charge in [-0.15, -0.1) is 0 Å². The zero-order valence-electron chi connectivity index (χ0n) is 17.1. The van der Waals surface area contributed by atoms with Crippen LogP contribution in [0.15, 0.2) is 47.5 Å². The highest BCUT2D eigenvalue weighted by Crippen LogP contribution is 2.31. The number of anilines is 1. The van der Waals surface area contributed by atoms with Crippen molar-refractivity contribution in [1.82, 2.24) is 0 Å². The predicted molar refractivity (Wildman–Crippen MR) is 116 cm³/mol. The van der Waals surface area contributed by atoms with Crippen LogP contribution in [0.3, 0.4) is 0 Å². The second kappa shape index (κ2) is 9.91. The highest BCUT2D eigenvalue weighted by Gasteiger charge is 2.22. The Morgan fingerprint density at radius 3 is 2.63 bits per heavy atom. The van der Waals surface area contributed by atoms with E-state index in [0.29, 0.717) is 42.2 Å². The quantitative estimate of drug-likeness (QED) is 0.350. The average Bonchev–Trinajstić information content (AvgIpc) is 2.73. The van der Waals surface area contributed by atoms with Crippen LogP contribution in [0.4, 0.5) is 5.69 Å². The monoisotopic (exact) mass is 409 g/mol.